The second-order valence-electron chi connectivity index (χ2n) is 2.70. The highest BCUT2D eigenvalue weighted by Gasteiger charge is 2.05. The quantitative estimate of drug-likeness (QED) is 0.624. The summed E-state index contributed by atoms with van der Waals surface area (Å²) in [5.41, 5.74) is 7.40. The lowest BCUT2D eigenvalue weighted by Crippen LogP contribution is -2.29. The molecular formula is C9H9IN2O3. The van der Waals surface area contributed by atoms with E-state index in [9.17, 15) is 9.59 Å². The summed E-state index contributed by atoms with van der Waals surface area (Å²) in [6.07, 6.45) is 0. The first kappa shape index (κ1) is 11.9. The maximum atomic E-state index is 11.4. The highest BCUT2D eigenvalue weighted by atomic mass is 127. The van der Waals surface area contributed by atoms with Gasteiger partial charge in [-0.25, -0.2) is 5.48 Å². The summed E-state index contributed by atoms with van der Waals surface area (Å²) in [5.74, 6) is -1.05. The van der Waals surface area contributed by atoms with Crippen LogP contribution in [0.3, 0.4) is 0 Å². The number of nitrogens with two attached hydrogens (primary N) is 1. The van der Waals surface area contributed by atoms with Gasteiger partial charge in [-0.1, -0.05) is 6.07 Å². The van der Waals surface area contributed by atoms with Crippen molar-refractivity contribution < 1.29 is 14.4 Å². The van der Waals surface area contributed by atoms with Crippen LogP contribution in [-0.4, -0.2) is 18.4 Å². The Morgan fingerprint density at radius 2 is 2.20 bits per heavy atom. The first-order valence-electron chi connectivity index (χ1n) is 4.05. The first-order valence-corrected chi connectivity index (χ1v) is 5.13. The monoisotopic (exact) mass is 320 g/mol. The van der Waals surface area contributed by atoms with E-state index in [1.165, 1.54) is 0 Å². The summed E-state index contributed by atoms with van der Waals surface area (Å²) in [4.78, 5) is 26.3. The van der Waals surface area contributed by atoms with Gasteiger partial charge >= 0.3 is 0 Å². The zero-order valence-corrected chi connectivity index (χ0v) is 9.85. The SMILES string of the molecule is NC(=O)CONC(=O)c1cccc(I)c1. The average Bonchev–Trinajstić information content (AvgIpc) is 2.17. The van der Waals surface area contributed by atoms with Gasteiger partial charge < -0.3 is 5.73 Å². The van der Waals surface area contributed by atoms with E-state index in [2.05, 4.69) is 32.9 Å². The first-order chi connectivity index (χ1) is 7.09. The van der Waals surface area contributed by atoms with E-state index in [0.717, 1.165) is 3.57 Å². The lowest BCUT2D eigenvalue weighted by molar-refractivity contribution is -0.124. The summed E-state index contributed by atoms with van der Waals surface area (Å²) >= 11 is 2.09. The van der Waals surface area contributed by atoms with Gasteiger partial charge in [0.25, 0.3) is 5.91 Å². The van der Waals surface area contributed by atoms with Crippen molar-refractivity contribution in [1.29, 1.82) is 0 Å². The number of carbonyl (C=O) groups is 2. The molecule has 6 heteroatoms. The molecule has 3 N–H and O–H groups in total. The predicted octanol–water partition coefficient (Wildman–Crippen LogP) is 0.438. The van der Waals surface area contributed by atoms with Crippen LogP contribution in [0.1, 0.15) is 10.4 Å². The van der Waals surface area contributed by atoms with Crippen LogP contribution in [0, 0.1) is 3.57 Å². The van der Waals surface area contributed by atoms with Crippen LogP contribution in [0.4, 0.5) is 0 Å². The van der Waals surface area contributed by atoms with Crippen LogP contribution >= 0.6 is 22.6 Å². The van der Waals surface area contributed by atoms with E-state index in [0.29, 0.717) is 5.56 Å². The molecule has 0 aliphatic rings. The van der Waals surface area contributed by atoms with Gasteiger partial charge in [0.15, 0.2) is 6.61 Å². The molecule has 2 amide bonds. The van der Waals surface area contributed by atoms with Gasteiger partial charge in [-0.3, -0.25) is 14.4 Å². The molecule has 0 heterocycles. The molecule has 0 atom stereocenters. The molecule has 1 aromatic carbocycles. The second kappa shape index (κ2) is 5.66. The van der Waals surface area contributed by atoms with Gasteiger partial charge in [0, 0.05) is 9.13 Å². The normalized spacial score (nSPS) is 9.67. The highest BCUT2D eigenvalue weighted by molar-refractivity contribution is 14.1. The molecule has 0 radical (unpaired) electrons. The minimum Gasteiger partial charge on any atom is -0.368 e. The van der Waals surface area contributed by atoms with Crippen LogP contribution in [0.5, 0.6) is 0 Å². The van der Waals surface area contributed by atoms with Gasteiger partial charge in [0.05, 0.1) is 0 Å². The number of hydroxylamine groups is 1. The predicted molar refractivity (Wildman–Crippen MR) is 61.8 cm³/mol. The van der Waals surface area contributed by atoms with Crippen LogP contribution < -0.4 is 11.2 Å². The highest BCUT2D eigenvalue weighted by Crippen LogP contribution is 2.07. The lowest BCUT2D eigenvalue weighted by atomic mass is 10.2. The summed E-state index contributed by atoms with van der Waals surface area (Å²) in [5, 5.41) is 0. The molecule has 0 unspecified atom stereocenters. The van der Waals surface area contributed by atoms with E-state index >= 15 is 0 Å². The maximum Gasteiger partial charge on any atom is 0.274 e. The fourth-order valence-corrected chi connectivity index (χ4v) is 1.40. The summed E-state index contributed by atoms with van der Waals surface area (Å²) in [6.45, 7) is -0.338. The maximum absolute atomic E-state index is 11.4. The van der Waals surface area contributed by atoms with Crippen LogP contribution in [0.25, 0.3) is 0 Å². The van der Waals surface area contributed by atoms with Gasteiger partial charge in [0.1, 0.15) is 0 Å². The zero-order chi connectivity index (χ0) is 11.3. The Labute approximate surface area is 100 Å². The number of hydrogen-bond acceptors (Lipinski definition) is 3. The third-order valence-electron chi connectivity index (χ3n) is 1.47. The van der Waals surface area contributed by atoms with Crippen LogP contribution in [0.15, 0.2) is 24.3 Å². The molecule has 0 bridgehead atoms. The molecule has 1 rings (SSSR count). The third-order valence-corrected chi connectivity index (χ3v) is 2.14. The van der Waals surface area contributed by atoms with Crippen LogP contribution in [-0.2, 0) is 9.63 Å². The molecule has 0 spiro atoms. The number of amides is 2. The Kier molecular flexibility index (Phi) is 4.50. The fraction of sp³-hybridized carbons (Fsp3) is 0.111. The number of nitrogens with one attached hydrogen (secondary N) is 1. The summed E-state index contributed by atoms with van der Waals surface area (Å²) in [7, 11) is 0. The lowest BCUT2D eigenvalue weighted by Gasteiger charge is -2.04. The van der Waals surface area contributed by atoms with Crippen molar-refractivity contribution in [1.82, 2.24) is 5.48 Å². The minimum atomic E-state index is -0.641. The molecule has 0 aliphatic heterocycles. The molecule has 1 aromatic rings. The Hall–Kier alpha value is -1.15. The zero-order valence-electron chi connectivity index (χ0n) is 7.70. The third kappa shape index (κ3) is 4.26. The standard InChI is InChI=1S/C9H9IN2O3/c10-7-3-1-2-6(4-7)9(14)12-15-5-8(11)13/h1-4H,5H2,(H2,11,13)(H,12,14). The van der Waals surface area contributed by atoms with E-state index in [4.69, 9.17) is 5.73 Å². The van der Waals surface area contributed by atoms with Crippen molar-refractivity contribution in [3.8, 4) is 0 Å². The molecule has 0 fully saturated rings. The summed E-state index contributed by atoms with van der Waals surface area (Å²) < 4.78 is 0.940. The van der Waals surface area contributed by atoms with E-state index in [1.807, 2.05) is 6.07 Å². The molecule has 0 aromatic heterocycles. The number of primary amides is 1. The number of carbonyl (C=O) groups excluding carboxylic acids is 2. The number of halogens is 1. The van der Waals surface area contributed by atoms with Gasteiger partial charge in [0.2, 0.25) is 5.91 Å². The molecule has 0 saturated heterocycles. The Bertz CT molecular complexity index is 381. The number of hydrogen-bond donors (Lipinski definition) is 2. The van der Waals surface area contributed by atoms with Crippen molar-refractivity contribution in [2.45, 2.75) is 0 Å². The van der Waals surface area contributed by atoms with Gasteiger partial charge in [-0.2, -0.15) is 0 Å². The number of rotatable bonds is 4. The summed E-state index contributed by atoms with van der Waals surface area (Å²) in [6, 6.07) is 6.96. The Morgan fingerprint density at radius 1 is 1.47 bits per heavy atom. The smallest absolute Gasteiger partial charge is 0.274 e. The van der Waals surface area contributed by atoms with E-state index in [1.54, 1.807) is 18.2 Å². The van der Waals surface area contributed by atoms with Crippen molar-refractivity contribution in [3.05, 3.63) is 33.4 Å². The fourth-order valence-electron chi connectivity index (χ4n) is 0.861. The van der Waals surface area contributed by atoms with Crippen molar-refractivity contribution >= 4 is 34.4 Å². The molecule has 15 heavy (non-hydrogen) atoms. The molecule has 0 saturated carbocycles. The topological polar surface area (TPSA) is 81.4 Å². The molecule has 0 aliphatic carbocycles. The number of benzene rings is 1. The van der Waals surface area contributed by atoms with E-state index < -0.39 is 11.8 Å². The van der Waals surface area contributed by atoms with Crippen molar-refractivity contribution in [2.24, 2.45) is 5.73 Å². The largest absolute Gasteiger partial charge is 0.368 e. The second-order valence-corrected chi connectivity index (χ2v) is 3.94. The van der Waals surface area contributed by atoms with Gasteiger partial charge in [-0.15, -0.1) is 0 Å². The molecule has 80 valence electrons. The van der Waals surface area contributed by atoms with Gasteiger partial charge in [-0.05, 0) is 40.8 Å². The van der Waals surface area contributed by atoms with Crippen molar-refractivity contribution in [3.63, 3.8) is 0 Å². The average molecular weight is 320 g/mol. The van der Waals surface area contributed by atoms with Crippen molar-refractivity contribution in [2.75, 3.05) is 6.61 Å². The minimum absolute atomic E-state index is 0.338. The van der Waals surface area contributed by atoms with E-state index in [-0.39, 0.29) is 6.61 Å². The molecule has 5 nitrogen and oxygen atoms in total. The Morgan fingerprint density at radius 3 is 2.80 bits per heavy atom. The Balaban J connectivity index is 2.50. The van der Waals surface area contributed by atoms with Crippen LogP contribution in [0.2, 0.25) is 0 Å². The molecular weight excluding hydrogens is 311 g/mol.